The molecule has 0 heterocycles. The molecule has 1 aliphatic carbocycles. The summed E-state index contributed by atoms with van der Waals surface area (Å²) in [5.74, 6) is 1.26. The summed E-state index contributed by atoms with van der Waals surface area (Å²) in [5.41, 5.74) is 1.12. The van der Waals surface area contributed by atoms with E-state index in [4.69, 9.17) is 4.74 Å². The van der Waals surface area contributed by atoms with E-state index >= 15 is 0 Å². The first-order valence-corrected chi connectivity index (χ1v) is 11.7. The van der Waals surface area contributed by atoms with Crippen LogP contribution in [0.15, 0.2) is 30.3 Å². The quantitative estimate of drug-likeness (QED) is 0.402. The molecular formula is C23H38NO2S+. The van der Waals surface area contributed by atoms with Gasteiger partial charge < -0.3 is 9.22 Å². The van der Waals surface area contributed by atoms with Gasteiger partial charge in [0.05, 0.1) is 20.1 Å². The molecule has 1 atom stereocenters. The zero-order valence-corrected chi connectivity index (χ0v) is 18.5. The van der Waals surface area contributed by atoms with Gasteiger partial charge in [-0.1, -0.05) is 56.5 Å². The minimum atomic E-state index is -0.557. The third-order valence-corrected chi connectivity index (χ3v) is 7.93. The molecule has 1 unspecified atom stereocenters. The van der Waals surface area contributed by atoms with Crippen molar-refractivity contribution in [1.82, 2.24) is 0 Å². The zero-order chi connectivity index (χ0) is 19.8. The number of esters is 1. The fourth-order valence-corrected chi connectivity index (χ4v) is 5.61. The van der Waals surface area contributed by atoms with Crippen molar-refractivity contribution in [2.45, 2.75) is 57.6 Å². The van der Waals surface area contributed by atoms with Crippen LogP contribution < -0.4 is 0 Å². The molecule has 0 N–H and O–H groups in total. The number of likely N-dealkylation sites (N-methyl/N-ethyl adjacent to an activating group) is 1. The Bertz CT molecular complexity index is 567. The highest BCUT2D eigenvalue weighted by molar-refractivity contribution is 8.00. The fraction of sp³-hybridized carbons (Fsp3) is 0.696. The van der Waals surface area contributed by atoms with Crippen LogP contribution >= 0.6 is 11.8 Å². The van der Waals surface area contributed by atoms with Crippen LogP contribution in [-0.2, 0) is 14.3 Å². The van der Waals surface area contributed by atoms with Gasteiger partial charge in [-0.25, -0.2) is 0 Å². The van der Waals surface area contributed by atoms with Gasteiger partial charge in [-0.15, -0.1) is 11.8 Å². The molecule has 0 aromatic heterocycles. The Morgan fingerprint density at radius 1 is 1.11 bits per heavy atom. The minimum absolute atomic E-state index is 0.0220. The molecule has 1 aromatic rings. The molecule has 27 heavy (non-hydrogen) atoms. The second kappa shape index (κ2) is 10.5. The van der Waals surface area contributed by atoms with Crippen LogP contribution in [0.3, 0.4) is 0 Å². The highest BCUT2D eigenvalue weighted by Gasteiger charge is 2.48. The van der Waals surface area contributed by atoms with Crippen LogP contribution in [-0.4, -0.2) is 49.5 Å². The Morgan fingerprint density at radius 2 is 1.74 bits per heavy atom. The highest BCUT2D eigenvalue weighted by Crippen LogP contribution is 2.49. The van der Waals surface area contributed by atoms with E-state index in [1.807, 2.05) is 6.07 Å². The normalized spacial score (nSPS) is 18.1. The number of benzene rings is 1. The number of ether oxygens (including phenoxy) is 1. The molecule has 0 radical (unpaired) electrons. The summed E-state index contributed by atoms with van der Waals surface area (Å²) in [4.78, 5) is 13.6. The lowest BCUT2D eigenvalue weighted by molar-refractivity contribution is -0.906. The van der Waals surface area contributed by atoms with Crippen molar-refractivity contribution in [3.63, 3.8) is 0 Å². The third-order valence-electron chi connectivity index (χ3n) is 6.45. The largest absolute Gasteiger partial charge is 0.458 e. The molecular weight excluding hydrogens is 354 g/mol. The second-order valence-electron chi connectivity index (χ2n) is 7.98. The lowest BCUT2D eigenvalue weighted by atomic mass is 9.76. The van der Waals surface area contributed by atoms with E-state index < -0.39 is 4.75 Å². The highest BCUT2D eigenvalue weighted by atomic mass is 32.2. The minimum Gasteiger partial charge on any atom is -0.458 e. The summed E-state index contributed by atoms with van der Waals surface area (Å²) >= 11 is 1.78. The van der Waals surface area contributed by atoms with Crippen molar-refractivity contribution in [2.24, 2.45) is 5.92 Å². The van der Waals surface area contributed by atoms with Gasteiger partial charge in [0, 0.05) is 0 Å². The molecule has 0 aliphatic heterocycles. The van der Waals surface area contributed by atoms with Crippen molar-refractivity contribution in [3.8, 4) is 0 Å². The lowest BCUT2D eigenvalue weighted by Gasteiger charge is -2.40. The molecule has 2 rings (SSSR count). The summed E-state index contributed by atoms with van der Waals surface area (Å²) in [5, 5.41) is 0. The number of thioether (sulfide) groups is 1. The topological polar surface area (TPSA) is 26.3 Å². The van der Waals surface area contributed by atoms with Gasteiger partial charge >= 0.3 is 5.97 Å². The van der Waals surface area contributed by atoms with Crippen molar-refractivity contribution >= 4 is 17.7 Å². The summed E-state index contributed by atoms with van der Waals surface area (Å²) in [6.45, 7) is 10.1. The number of carbonyl (C=O) groups excluding carboxylic acids is 1. The number of hydrogen-bond donors (Lipinski definition) is 0. The van der Waals surface area contributed by atoms with Crippen molar-refractivity contribution in [3.05, 3.63) is 35.9 Å². The standard InChI is InChI=1S/C23H38NO2S/c1-5-24(4,6-2)18-19-26-22(25)23(27-7-3,20-14-10-8-11-15-20)21-16-12-9-13-17-21/h8,10-11,14-15,21H,5-7,9,12-13,16-19H2,1-4H3/q+1. The van der Waals surface area contributed by atoms with Crippen LogP contribution in [0.5, 0.6) is 0 Å². The summed E-state index contributed by atoms with van der Waals surface area (Å²) in [6, 6.07) is 10.4. The van der Waals surface area contributed by atoms with Crippen LogP contribution in [0, 0.1) is 5.92 Å². The number of carbonyl (C=O) groups is 1. The van der Waals surface area contributed by atoms with Crippen LogP contribution in [0.2, 0.25) is 0 Å². The lowest BCUT2D eigenvalue weighted by Crippen LogP contribution is -2.48. The molecule has 1 fully saturated rings. The first kappa shape index (κ1) is 22.3. The van der Waals surface area contributed by atoms with Crippen LogP contribution in [0.25, 0.3) is 0 Å². The van der Waals surface area contributed by atoms with E-state index in [-0.39, 0.29) is 5.97 Å². The van der Waals surface area contributed by atoms with Crippen molar-refractivity contribution in [2.75, 3.05) is 39.0 Å². The van der Waals surface area contributed by atoms with Gasteiger partial charge in [-0.05, 0) is 43.9 Å². The molecule has 0 bridgehead atoms. The predicted octanol–water partition coefficient (Wildman–Crippen LogP) is 5.24. The molecule has 0 saturated heterocycles. The molecule has 0 spiro atoms. The first-order valence-electron chi connectivity index (χ1n) is 10.7. The molecule has 1 saturated carbocycles. The van der Waals surface area contributed by atoms with E-state index in [1.54, 1.807) is 11.8 Å². The molecule has 3 nitrogen and oxygen atoms in total. The number of hydrogen-bond acceptors (Lipinski definition) is 3. The molecule has 4 heteroatoms. The Balaban J connectivity index is 2.26. The number of quaternary nitrogens is 1. The van der Waals surface area contributed by atoms with E-state index in [0.717, 1.165) is 48.3 Å². The predicted molar refractivity (Wildman–Crippen MR) is 116 cm³/mol. The second-order valence-corrected chi connectivity index (χ2v) is 9.49. The van der Waals surface area contributed by atoms with Crippen LogP contribution in [0.1, 0.15) is 58.4 Å². The van der Waals surface area contributed by atoms with Crippen molar-refractivity contribution < 1.29 is 14.0 Å². The number of rotatable bonds is 10. The summed E-state index contributed by atoms with van der Waals surface area (Å²) in [6.07, 6.45) is 5.97. The zero-order valence-electron chi connectivity index (χ0n) is 17.7. The van der Waals surface area contributed by atoms with Gasteiger partial charge in [0.15, 0.2) is 0 Å². The fourth-order valence-electron chi connectivity index (χ4n) is 4.21. The Hall–Kier alpha value is -1.00. The molecule has 0 amide bonds. The maximum absolute atomic E-state index is 13.6. The van der Waals surface area contributed by atoms with Gasteiger partial charge in [0.1, 0.15) is 17.9 Å². The number of nitrogens with zero attached hydrogens (tertiary/aromatic N) is 1. The molecule has 1 aromatic carbocycles. The maximum Gasteiger partial charge on any atom is 0.327 e. The summed E-state index contributed by atoms with van der Waals surface area (Å²) < 4.78 is 6.37. The average molecular weight is 393 g/mol. The Labute approximate surface area is 170 Å². The van der Waals surface area contributed by atoms with Gasteiger partial charge in [-0.2, -0.15) is 0 Å². The monoisotopic (exact) mass is 392 g/mol. The Morgan fingerprint density at radius 3 is 2.30 bits per heavy atom. The molecule has 152 valence electrons. The van der Waals surface area contributed by atoms with Crippen molar-refractivity contribution in [1.29, 1.82) is 0 Å². The van der Waals surface area contributed by atoms with E-state index in [1.165, 1.54) is 19.3 Å². The van der Waals surface area contributed by atoms with Crippen LogP contribution in [0.4, 0.5) is 0 Å². The van der Waals surface area contributed by atoms with Gasteiger partial charge in [0.25, 0.3) is 0 Å². The Kier molecular flexibility index (Phi) is 8.68. The van der Waals surface area contributed by atoms with E-state index in [2.05, 4.69) is 52.1 Å². The van der Waals surface area contributed by atoms with E-state index in [0.29, 0.717) is 12.5 Å². The molecule has 1 aliphatic rings. The van der Waals surface area contributed by atoms with Gasteiger partial charge in [-0.3, -0.25) is 4.79 Å². The summed E-state index contributed by atoms with van der Waals surface area (Å²) in [7, 11) is 2.24. The maximum atomic E-state index is 13.6. The van der Waals surface area contributed by atoms with Gasteiger partial charge in [0.2, 0.25) is 0 Å². The first-order chi connectivity index (χ1) is 13.0. The average Bonchev–Trinajstić information content (AvgIpc) is 2.73. The van der Waals surface area contributed by atoms with E-state index in [9.17, 15) is 4.79 Å². The smallest absolute Gasteiger partial charge is 0.327 e. The SMILES string of the molecule is CCSC(C(=O)OCC[N+](C)(CC)CC)(c1ccccc1)C1CCCCC1. The third kappa shape index (κ3) is 5.29.